The zero-order chi connectivity index (χ0) is 21.6. The first-order chi connectivity index (χ1) is 14.3. The van der Waals surface area contributed by atoms with Crippen molar-refractivity contribution in [2.75, 3.05) is 26.1 Å². The van der Waals surface area contributed by atoms with Crippen LogP contribution in [0.1, 0.15) is 16.1 Å². The first-order valence-electron chi connectivity index (χ1n) is 8.87. The average Bonchev–Trinajstić information content (AvgIpc) is 3.30. The van der Waals surface area contributed by atoms with Gasteiger partial charge in [0.15, 0.2) is 0 Å². The summed E-state index contributed by atoms with van der Waals surface area (Å²) in [4.78, 5) is 17.3. The van der Waals surface area contributed by atoms with Crippen LogP contribution in [0.15, 0.2) is 40.9 Å². The van der Waals surface area contributed by atoms with Crippen molar-refractivity contribution in [3.8, 4) is 22.9 Å². The molecule has 0 aliphatic carbocycles. The van der Waals surface area contributed by atoms with Gasteiger partial charge in [-0.1, -0.05) is 17.7 Å². The zero-order valence-corrected chi connectivity index (χ0v) is 17.0. The molecule has 2 heterocycles. The number of anilines is 1. The number of methoxy groups -OCH3 is 1. The van der Waals surface area contributed by atoms with Crippen molar-refractivity contribution in [1.82, 2.24) is 10.1 Å². The standard InChI is InChI=1S/C21H17ClFN3O4/c1-26(2)16-5-4-10(6-14(16)23)11-7-12-15(8-13(11)22)24-21(28)19(12)20(27)17-9-18(29-3)25-30-17/h4-9,24,28H,1-3H3. The van der Waals surface area contributed by atoms with Gasteiger partial charge < -0.3 is 24.3 Å². The van der Waals surface area contributed by atoms with E-state index in [2.05, 4.69) is 10.1 Å². The van der Waals surface area contributed by atoms with Crippen LogP contribution in [-0.4, -0.2) is 42.2 Å². The molecule has 4 rings (SSSR count). The van der Waals surface area contributed by atoms with Crippen molar-refractivity contribution in [2.24, 2.45) is 0 Å². The Morgan fingerprint density at radius 1 is 1.27 bits per heavy atom. The van der Waals surface area contributed by atoms with E-state index in [1.54, 1.807) is 43.3 Å². The third kappa shape index (κ3) is 3.25. The van der Waals surface area contributed by atoms with Gasteiger partial charge in [0.1, 0.15) is 5.82 Å². The molecule has 0 radical (unpaired) electrons. The Kier molecular flexibility index (Phi) is 4.87. The molecule has 0 bridgehead atoms. The average molecular weight is 430 g/mol. The Labute approximate surface area is 175 Å². The van der Waals surface area contributed by atoms with Crippen LogP contribution in [0.25, 0.3) is 22.0 Å². The second-order valence-electron chi connectivity index (χ2n) is 6.85. The summed E-state index contributed by atoms with van der Waals surface area (Å²) in [5, 5.41) is 14.7. The molecule has 0 aliphatic rings. The van der Waals surface area contributed by atoms with Crippen molar-refractivity contribution < 1.29 is 23.6 Å². The summed E-state index contributed by atoms with van der Waals surface area (Å²) in [6.07, 6.45) is 0. The minimum atomic E-state index is -0.586. The number of hydrogen-bond acceptors (Lipinski definition) is 6. The topological polar surface area (TPSA) is 91.6 Å². The van der Waals surface area contributed by atoms with Crippen LogP contribution in [0.5, 0.6) is 11.8 Å². The molecule has 0 atom stereocenters. The molecule has 154 valence electrons. The van der Waals surface area contributed by atoms with Crippen LogP contribution >= 0.6 is 11.6 Å². The van der Waals surface area contributed by atoms with E-state index in [0.717, 1.165) is 0 Å². The number of ether oxygens (including phenoxy) is 1. The number of aromatic amines is 1. The van der Waals surface area contributed by atoms with Gasteiger partial charge in [0.2, 0.25) is 17.4 Å². The number of halogens is 2. The SMILES string of the molecule is COc1cc(C(=O)c2c(O)[nH]c3cc(Cl)c(-c4ccc(N(C)C)c(F)c4)cc23)on1. The highest BCUT2D eigenvalue weighted by Gasteiger charge is 2.25. The molecule has 2 aromatic heterocycles. The lowest BCUT2D eigenvalue weighted by atomic mass is 10.00. The second kappa shape index (κ2) is 7.38. The number of aromatic nitrogens is 2. The van der Waals surface area contributed by atoms with Crippen LogP contribution in [0.2, 0.25) is 5.02 Å². The summed E-state index contributed by atoms with van der Waals surface area (Å²) in [5.41, 5.74) is 1.92. The lowest BCUT2D eigenvalue weighted by Gasteiger charge is -2.14. The number of ketones is 1. The Bertz CT molecular complexity index is 1280. The minimum absolute atomic E-state index is 0.00731. The van der Waals surface area contributed by atoms with Crippen molar-refractivity contribution in [3.05, 3.63) is 58.6 Å². The maximum Gasteiger partial charge on any atom is 0.254 e. The van der Waals surface area contributed by atoms with Crippen LogP contribution < -0.4 is 9.64 Å². The number of H-pyrrole nitrogens is 1. The first kappa shape index (κ1) is 19.8. The number of benzene rings is 2. The normalized spacial score (nSPS) is 11.1. The minimum Gasteiger partial charge on any atom is -0.494 e. The van der Waals surface area contributed by atoms with Gasteiger partial charge >= 0.3 is 0 Å². The van der Waals surface area contributed by atoms with Gasteiger partial charge in [-0.15, -0.1) is 0 Å². The summed E-state index contributed by atoms with van der Waals surface area (Å²) in [5.74, 6) is -1.29. The number of fused-ring (bicyclic) bond motifs is 1. The number of carbonyl (C=O) groups excluding carboxylic acids is 1. The van der Waals surface area contributed by atoms with Crippen molar-refractivity contribution in [2.45, 2.75) is 0 Å². The van der Waals surface area contributed by atoms with Gasteiger partial charge in [-0.2, -0.15) is 0 Å². The summed E-state index contributed by atoms with van der Waals surface area (Å²) >= 11 is 6.41. The number of rotatable bonds is 5. The Morgan fingerprint density at radius 3 is 2.67 bits per heavy atom. The third-order valence-corrected chi connectivity index (χ3v) is 5.07. The van der Waals surface area contributed by atoms with Gasteiger partial charge in [-0.05, 0) is 35.0 Å². The summed E-state index contributed by atoms with van der Waals surface area (Å²) in [6.45, 7) is 0. The van der Waals surface area contributed by atoms with Gasteiger partial charge in [0.25, 0.3) is 5.88 Å². The van der Waals surface area contributed by atoms with E-state index < -0.39 is 11.6 Å². The maximum atomic E-state index is 14.5. The summed E-state index contributed by atoms with van der Waals surface area (Å²) < 4.78 is 24.4. The molecule has 7 nitrogen and oxygen atoms in total. The highest BCUT2D eigenvalue weighted by Crippen LogP contribution is 2.38. The predicted molar refractivity (Wildman–Crippen MR) is 111 cm³/mol. The van der Waals surface area contributed by atoms with Crippen molar-refractivity contribution in [3.63, 3.8) is 0 Å². The Balaban J connectivity index is 1.86. The van der Waals surface area contributed by atoms with E-state index in [1.165, 1.54) is 19.2 Å². The summed E-state index contributed by atoms with van der Waals surface area (Å²) in [7, 11) is 4.89. The van der Waals surface area contributed by atoms with Crippen LogP contribution in [0.3, 0.4) is 0 Å². The second-order valence-corrected chi connectivity index (χ2v) is 7.26. The fraction of sp³-hybridized carbons (Fsp3) is 0.143. The Morgan fingerprint density at radius 2 is 2.03 bits per heavy atom. The number of nitrogens with one attached hydrogen (secondary N) is 1. The molecule has 0 amide bonds. The highest BCUT2D eigenvalue weighted by molar-refractivity contribution is 6.34. The summed E-state index contributed by atoms with van der Waals surface area (Å²) in [6, 6.07) is 9.28. The fourth-order valence-corrected chi connectivity index (χ4v) is 3.55. The lowest BCUT2D eigenvalue weighted by molar-refractivity contribution is 0.0999. The largest absolute Gasteiger partial charge is 0.494 e. The van der Waals surface area contributed by atoms with E-state index in [0.29, 0.717) is 32.7 Å². The fourth-order valence-electron chi connectivity index (χ4n) is 3.27. The number of hydrogen-bond donors (Lipinski definition) is 2. The molecule has 0 aliphatic heterocycles. The molecule has 0 saturated carbocycles. The molecule has 0 saturated heterocycles. The molecule has 4 aromatic rings. The van der Waals surface area contributed by atoms with E-state index in [9.17, 15) is 14.3 Å². The van der Waals surface area contributed by atoms with E-state index in [4.69, 9.17) is 20.9 Å². The molecule has 2 N–H and O–H groups in total. The van der Waals surface area contributed by atoms with Gasteiger partial charge in [0.05, 0.1) is 35.0 Å². The smallest absolute Gasteiger partial charge is 0.254 e. The number of aromatic hydroxyl groups is 1. The molecule has 0 spiro atoms. The first-order valence-corrected chi connectivity index (χ1v) is 9.24. The monoisotopic (exact) mass is 429 g/mol. The molecular formula is C21H17ClFN3O4. The van der Waals surface area contributed by atoms with E-state index >= 15 is 0 Å². The van der Waals surface area contributed by atoms with Crippen molar-refractivity contribution >= 4 is 34.0 Å². The van der Waals surface area contributed by atoms with Crippen LogP contribution in [-0.2, 0) is 0 Å². The van der Waals surface area contributed by atoms with Crippen LogP contribution in [0.4, 0.5) is 10.1 Å². The molecular weight excluding hydrogens is 413 g/mol. The molecule has 9 heteroatoms. The van der Waals surface area contributed by atoms with Gasteiger partial charge in [-0.25, -0.2) is 4.39 Å². The molecule has 0 unspecified atom stereocenters. The quantitative estimate of drug-likeness (QED) is 0.449. The highest BCUT2D eigenvalue weighted by atomic mass is 35.5. The molecule has 0 fully saturated rings. The van der Waals surface area contributed by atoms with Gasteiger partial charge in [0, 0.05) is 25.0 Å². The number of nitrogens with zero attached hydrogens (tertiary/aromatic N) is 2. The van der Waals surface area contributed by atoms with E-state index in [-0.39, 0.29) is 23.1 Å². The van der Waals surface area contributed by atoms with Crippen molar-refractivity contribution in [1.29, 1.82) is 0 Å². The van der Waals surface area contributed by atoms with Gasteiger partial charge in [-0.3, -0.25) is 4.79 Å². The van der Waals surface area contributed by atoms with Crippen LogP contribution in [0, 0.1) is 5.82 Å². The zero-order valence-electron chi connectivity index (χ0n) is 16.3. The third-order valence-electron chi connectivity index (χ3n) is 4.76. The van der Waals surface area contributed by atoms with E-state index in [1.807, 2.05) is 0 Å². The molecule has 2 aromatic carbocycles. The lowest BCUT2D eigenvalue weighted by Crippen LogP contribution is -2.10. The number of carbonyl (C=O) groups is 1. The Hall–Kier alpha value is -3.52. The molecule has 30 heavy (non-hydrogen) atoms. The maximum absolute atomic E-state index is 14.5. The predicted octanol–water partition coefficient (Wildman–Crippen LogP) is 4.63.